The van der Waals surface area contributed by atoms with Gasteiger partial charge in [-0.2, -0.15) is 0 Å². The van der Waals surface area contributed by atoms with Crippen molar-refractivity contribution >= 4 is 33.9 Å². The molecular weight excluding hydrogens is 1030 g/mol. The normalized spacial score (nSPS) is 16.8. The molecule has 16 heteroatoms. The van der Waals surface area contributed by atoms with Gasteiger partial charge in [-0.3, -0.25) is 9.59 Å². The van der Waals surface area contributed by atoms with E-state index in [1.54, 1.807) is 9.80 Å². The summed E-state index contributed by atoms with van der Waals surface area (Å²) in [5.74, 6) is 0.196. The second kappa shape index (κ2) is 21.7. The predicted octanol–water partition coefficient (Wildman–Crippen LogP) is 12.0. The molecule has 2 fully saturated rings. The van der Waals surface area contributed by atoms with Crippen LogP contribution in [0.25, 0.3) is 44.6 Å². The summed E-state index contributed by atoms with van der Waals surface area (Å²) >= 11 is 0. The van der Waals surface area contributed by atoms with E-state index in [0.29, 0.717) is 34.9 Å². The fraction of sp³-hybridized carbons (Fsp3) is 0.242. The first kappa shape index (κ1) is 52.3. The number of hydrogen-bond acceptors (Lipinski definition) is 10. The highest BCUT2D eigenvalue weighted by Crippen LogP contribution is 2.42. The van der Waals surface area contributed by atoms with Crippen LogP contribution in [0.4, 0.5) is 8.78 Å². The lowest BCUT2D eigenvalue weighted by Gasteiger charge is -2.29. The Morgan fingerprint density at radius 1 is 0.488 bits per heavy atom. The van der Waals surface area contributed by atoms with E-state index >= 15 is 0 Å². The van der Waals surface area contributed by atoms with Crippen LogP contribution in [0.2, 0.25) is 0 Å². The molecular formula is C66H60F2N10O4. The number of aromatic hydroxyl groups is 2. The lowest BCUT2D eigenvalue weighted by atomic mass is 9.89. The number of rotatable bonds is 10. The number of carbonyl (C=O) groups is 2. The number of imidazole rings is 2. The smallest absolute Gasteiger partial charge is 0.274 e. The number of phenolic OH excluding ortho intramolecular Hbond substituents is 2. The number of halogens is 2. The molecule has 0 radical (unpaired) electrons. The SMILES string of the molecule is CN1CCC(c2ccc(-c3ccc4c(n3)C(=O)N([C@@H](c3nc5ccccc5[nH]3)c3cc(F)ccc3O)C4)cc2)CC1.CN1CCC(c2ccc(-c3ccc4c(n3)C(=O)N([C@H](c3nc5ccccc5[nH]3)c3cc(F)ccc3O)C4)cc2)CC1. The van der Waals surface area contributed by atoms with Crippen molar-refractivity contribution in [3.63, 3.8) is 0 Å². The molecule has 0 unspecified atom stereocenters. The van der Waals surface area contributed by atoms with Crippen LogP contribution in [0.5, 0.6) is 11.5 Å². The summed E-state index contributed by atoms with van der Waals surface area (Å²) < 4.78 is 28.8. The topological polar surface area (TPSA) is 171 Å². The molecule has 0 saturated carbocycles. The average Bonchev–Trinajstić information content (AvgIpc) is 4.48. The highest BCUT2D eigenvalue weighted by atomic mass is 19.1. The van der Waals surface area contributed by atoms with Gasteiger partial charge in [-0.1, -0.05) is 84.9 Å². The van der Waals surface area contributed by atoms with Crippen molar-refractivity contribution < 1.29 is 28.6 Å². The van der Waals surface area contributed by atoms with Crippen LogP contribution in [0.3, 0.4) is 0 Å². The number of amides is 2. The molecule has 412 valence electrons. The first-order valence-corrected chi connectivity index (χ1v) is 27.9. The van der Waals surface area contributed by atoms with Crippen LogP contribution in [0.15, 0.2) is 158 Å². The summed E-state index contributed by atoms with van der Waals surface area (Å²) in [4.78, 5) is 61.3. The van der Waals surface area contributed by atoms with Crippen molar-refractivity contribution in [3.8, 4) is 34.0 Å². The van der Waals surface area contributed by atoms with Crippen LogP contribution < -0.4 is 0 Å². The van der Waals surface area contributed by atoms with Crippen LogP contribution in [-0.2, 0) is 13.1 Å². The Kier molecular flexibility index (Phi) is 13.9. The highest BCUT2D eigenvalue weighted by Gasteiger charge is 2.40. The van der Waals surface area contributed by atoms with Crippen LogP contribution >= 0.6 is 0 Å². The molecule has 10 aromatic rings. The van der Waals surface area contributed by atoms with Gasteiger partial charge in [-0.15, -0.1) is 0 Å². The number of H-pyrrole nitrogens is 2. The number of phenols is 2. The second-order valence-corrected chi connectivity index (χ2v) is 22.2. The molecule has 0 spiro atoms. The number of nitrogens with zero attached hydrogens (tertiary/aromatic N) is 8. The molecule has 2 amide bonds. The Labute approximate surface area is 472 Å². The lowest BCUT2D eigenvalue weighted by molar-refractivity contribution is 0.0712. The molecule has 4 aliphatic rings. The largest absolute Gasteiger partial charge is 0.508 e. The first-order chi connectivity index (χ1) is 39.9. The van der Waals surface area contributed by atoms with Crippen molar-refractivity contribution in [3.05, 3.63) is 226 Å². The maximum absolute atomic E-state index is 14.4. The monoisotopic (exact) mass is 1090 g/mol. The maximum atomic E-state index is 14.4. The van der Waals surface area contributed by atoms with E-state index in [0.717, 1.165) is 108 Å². The van der Waals surface area contributed by atoms with Gasteiger partial charge in [0.2, 0.25) is 0 Å². The molecule has 0 bridgehead atoms. The molecule has 2 saturated heterocycles. The number of piperidine rings is 2. The fourth-order valence-corrected chi connectivity index (χ4v) is 12.3. The Balaban J connectivity index is 0.000000154. The number of nitrogens with one attached hydrogen (secondary N) is 2. The summed E-state index contributed by atoms with van der Waals surface area (Å²) in [6.07, 6.45) is 4.63. The fourth-order valence-electron chi connectivity index (χ4n) is 12.3. The summed E-state index contributed by atoms with van der Waals surface area (Å²) in [6, 6.07) is 45.7. The molecule has 4 aliphatic heterocycles. The zero-order chi connectivity index (χ0) is 56.2. The summed E-state index contributed by atoms with van der Waals surface area (Å²) in [6.45, 7) is 4.96. The van der Waals surface area contributed by atoms with Crippen molar-refractivity contribution in [2.45, 2.75) is 62.7 Å². The van der Waals surface area contributed by atoms with Gasteiger partial charge in [-0.05, 0) is 162 Å². The van der Waals surface area contributed by atoms with Gasteiger partial charge < -0.3 is 39.8 Å². The van der Waals surface area contributed by atoms with E-state index in [1.807, 2.05) is 72.8 Å². The number of aromatic amines is 2. The number of fused-ring (bicyclic) bond motifs is 4. The van der Waals surface area contributed by atoms with E-state index in [1.165, 1.54) is 47.5 Å². The van der Waals surface area contributed by atoms with Crippen molar-refractivity contribution in [1.82, 2.24) is 49.5 Å². The standard InChI is InChI=1S/2C33H30FN5O2/c2*1-38-16-14-21(15-17-38)20-6-8-22(9-7-20)26-12-10-23-19-39(33(41)30(23)35-26)31(25-18-24(34)11-13-29(25)40)32-36-27-4-2-3-5-28(27)37-32/h2*2-13,18,21,31,40H,14-17,19H2,1H3,(H,36,37)/t2*31-/m10/s1. The molecule has 4 N–H and O–H groups in total. The molecule has 82 heavy (non-hydrogen) atoms. The van der Waals surface area contributed by atoms with Crippen molar-refractivity contribution in [1.29, 1.82) is 0 Å². The zero-order valence-corrected chi connectivity index (χ0v) is 45.4. The van der Waals surface area contributed by atoms with Crippen LogP contribution in [0, 0.1) is 11.6 Å². The molecule has 14 rings (SSSR count). The van der Waals surface area contributed by atoms with E-state index in [-0.39, 0.29) is 47.5 Å². The molecule has 4 aromatic heterocycles. The molecule has 6 aromatic carbocycles. The van der Waals surface area contributed by atoms with E-state index < -0.39 is 23.7 Å². The number of aromatic nitrogens is 6. The maximum Gasteiger partial charge on any atom is 0.274 e. The number of carbonyl (C=O) groups excluding carboxylic acids is 2. The quantitative estimate of drug-likeness (QED) is 0.103. The van der Waals surface area contributed by atoms with Crippen molar-refractivity contribution in [2.75, 3.05) is 40.3 Å². The van der Waals surface area contributed by atoms with Gasteiger partial charge in [0, 0.05) is 46.5 Å². The second-order valence-electron chi connectivity index (χ2n) is 22.2. The molecule has 2 atom stereocenters. The van der Waals surface area contributed by atoms with Gasteiger partial charge in [0.1, 0.15) is 58.3 Å². The van der Waals surface area contributed by atoms with E-state index in [9.17, 15) is 28.6 Å². The van der Waals surface area contributed by atoms with Crippen molar-refractivity contribution in [2.24, 2.45) is 0 Å². The highest BCUT2D eigenvalue weighted by molar-refractivity contribution is 5.98. The van der Waals surface area contributed by atoms with Gasteiger partial charge in [0.15, 0.2) is 0 Å². The summed E-state index contributed by atoms with van der Waals surface area (Å²) in [7, 11) is 4.34. The Morgan fingerprint density at radius 2 is 0.878 bits per heavy atom. The third kappa shape index (κ3) is 10.1. The van der Waals surface area contributed by atoms with Crippen LogP contribution in [0.1, 0.15) is 116 Å². The van der Waals surface area contributed by atoms with Gasteiger partial charge in [-0.25, -0.2) is 28.7 Å². The number of likely N-dealkylation sites (tertiary alicyclic amines) is 2. The number of benzene rings is 6. The molecule has 14 nitrogen and oxygen atoms in total. The minimum Gasteiger partial charge on any atom is -0.508 e. The summed E-state index contributed by atoms with van der Waals surface area (Å²) in [5.41, 5.74) is 11.8. The molecule has 8 heterocycles. The first-order valence-electron chi connectivity index (χ1n) is 27.9. The number of para-hydroxylation sites is 4. The van der Waals surface area contributed by atoms with Crippen LogP contribution in [-0.4, -0.2) is 112 Å². The third-order valence-corrected chi connectivity index (χ3v) is 16.9. The predicted molar refractivity (Wildman–Crippen MR) is 310 cm³/mol. The lowest BCUT2D eigenvalue weighted by Crippen LogP contribution is -2.31. The van der Waals surface area contributed by atoms with Gasteiger partial charge in [0.05, 0.1) is 33.5 Å². The zero-order valence-electron chi connectivity index (χ0n) is 45.4. The number of pyridine rings is 2. The Bertz CT molecular complexity index is 3710. The average molecular weight is 1100 g/mol. The van der Waals surface area contributed by atoms with Gasteiger partial charge in [0.25, 0.3) is 11.8 Å². The van der Waals surface area contributed by atoms with Gasteiger partial charge >= 0.3 is 0 Å². The minimum atomic E-state index is -0.836. The third-order valence-electron chi connectivity index (χ3n) is 16.9. The number of hydrogen-bond donors (Lipinski definition) is 4. The Hall–Kier alpha value is -9.12. The Morgan fingerprint density at radius 3 is 1.27 bits per heavy atom. The minimum absolute atomic E-state index is 0.112. The van der Waals surface area contributed by atoms with E-state index in [2.05, 4.69) is 82.4 Å². The molecule has 0 aliphatic carbocycles. The van der Waals surface area contributed by atoms with E-state index in [4.69, 9.17) is 19.9 Å². The summed E-state index contributed by atoms with van der Waals surface area (Å²) in [5, 5.41) is 21.5.